The molecule has 3 heterocycles. The number of fused-ring (bicyclic) bond motifs is 2. The smallest absolute Gasteiger partial charge is 0.240 e. The fraction of sp³-hybridized carbons (Fsp3) is 0.440. The first-order chi connectivity index (χ1) is 15.1. The lowest BCUT2D eigenvalue weighted by molar-refractivity contribution is -0.143. The van der Waals surface area contributed by atoms with Crippen molar-refractivity contribution in [1.29, 1.82) is 0 Å². The van der Waals surface area contributed by atoms with Crippen molar-refractivity contribution in [3.8, 4) is 0 Å². The summed E-state index contributed by atoms with van der Waals surface area (Å²) in [5.41, 5.74) is 0.484. The lowest BCUT2D eigenvalue weighted by atomic mass is 9.75. The van der Waals surface area contributed by atoms with E-state index in [1.165, 1.54) is 11.3 Å². The Morgan fingerprint density at radius 2 is 1.87 bits per heavy atom. The van der Waals surface area contributed by atoms with E-state index < -0.39 is 5.41 Å². The van der Waals surface area contributed by atoms with Gasteiger partial charge in [-0.05, 0) is 42.9 Å². The number of hydrogen-bond donors (Lipinski definition) is 0. The zero-order valence-corrected chi connectivity index (χ0v) is 17.6. The summed E-state index contributed by atoms with van der Waals surface area (Å²) in [7, 11) is 0. The van der Waals surface area contributed by atoms with Gasteiger partial charge in [0.05, 0.1) is 5.41 Å². The van der Waals surface area contributed by atoms with Crippen molar-refractivity contribution in [3.05, 3.63) is 66.0 Å². The van der Waals surface area contributed by atoms with Crippen LogP contribution in [0.4, 0.5) is 0 Å². The molecular formula is C25H27N3O3. The van der Waals surface area contributed by atoms with Gasteiger partial charge in [0, 0.05) is 50.3 Å². The van der Waals surface area contributed by atoms with Crippen molar-refractivity contribution < 1.29 is 14.4 Å². The van der Waals surface area contributed by atoms with Crippen LogP contribution in [0.15, 0.2) is 54.7 Å². The average molecular weight is 418 g/mol. The van der Waals surface area contributed by atoms with Gasteiger partial charge >= 0.3 is 0 Å². The van der Waals surface area contributed by atoms with Crippen LogP contribution >= 0.6 is 0 Å². The molecule has 3 amide bonds. The van der Waals surface area contributed by atoms with E-state index in [1.807, 2.05) is 53.4 Å². The van der Waals surface area contributed by atoms with Crippen molar-refractivity contribution in [2.24, 2.45) is 5.92 Å². The minimum absolute atomic E-state index is 0.00350. The Balaban J connectivity index is 1.40. The van der Waals surface area contributed by atoms with Crippen molar-refractivity contribution in [3.63, 3.8) is 0 Å². The summed E-state index contributed by atoms with van der Waals surface area (Å²) >= 11 is 0. The zero-order chi connectivity index (χ0) is 21.4. The minimum Gasteiger partial charge on any atom is -0.339 e. The molecule has 0 unspecified atom stereocenters. The second-order valence-electron chi connectivity index (χ2n) is 9.10. The summed E-state index contributed by atoms with van der Waals surface area (Å²) in [6, 6.07) is 15.3. The highest BCUT2D eigenvalue weighted by Crippen LogP contribution is 2.43. The molecule has 1 saturated carbocycles. The van der Waals surface area contributed by atoms with Crippen molar-refractivity contribution in [2.75, 3.05) is 13.1 Å². The first-order valence-electron chi connectivity index (χ1n) is 11.2. The molecule has 1 aromatic heterocycles. The van der Waals surface area contributed by atoms with Crippen LogP contribution in [0.2, 0.25) is 0 Å². The SMILES string of the molecule is O=C1C[C@@](CC(=O)N2C[C@@H]3CC[C@@H]2C3)(c2ccccc2)C(=O)N1CCc1ccccn1. The largest absolute Gasteiger partial charge is 0.339 e. The lowest BCUT2D eigenvalue weighted by Crippen LogP contribution is -2.45. The van der Waals surface area contributed by atoms with Gasteiger partial charge in [-0.25, -0.2) is 0 Å². The van der Waals surface area contributed by atoms with Crippen LogP contribution in [0.1, 0.15) is 43.4 Å². The van der Waals surface area contributed by atoms with E-state index >= 15 is 0 Å². The summed E-state index contributed by atoms with van der Waals surface area (Å²) in [6.45, 7) is 1.08. The molecule has 160 valence electrons. The number of aromatic nitrogens is 1. The third kappa shape index (κ3) is 3.54. The molecule has 0 N–H and O–H groups in total. The highest BCUT2D eigenvalue weighted by Gasteiger charge is 2.54. The number of amides is 3. The van der Waals surface area contributed by atoms with Gasteiger partial charge in [0.15, 0.2) is 0 Å². The van der Waals surface area contributed by atoms with Gasteiger partial charge in [-0.15, -0.1) is 0 Å². The van der Waals surface area contributed by atoms with Crippen LogP contribution in [0.3, 0.4) is 0 Å². The summed E-state index contributed by atoms with van der Waals surface area (Å²) in [5, 5.41) is 0. The zero-order valence-electron chi connectivity index (χ0n) is 17.6. The monoisotopic (exact) mass is 417 g/mol. The molecule has 1 aliphatic carbocycles. The first-order valence-corrected chi connectivity index (χ1v) is 11.2. The first kappa shape index (κ1) is 19.9. The third-order valence-electron chi connectivity index (χ3n) is 7.24. The molecule has 2 bridgehead atoms. The van der Waals surface area contributed by atoms with E-state index in [9.17, 15) is 14.4 Å². The average Bonchev–Trinajstić information content (AvgIpc) is 3.49. The van der Waals surface area contributed by atoms with E-state index in [0.717, 1.165) is 30.6 Å². The number of nitrogens with zero attached hydrogens (tertiary/aromatic N) is 3. The molecule has 6 heteroatoms. The predicted octanol–water partition coefficient (Wildman–Crippen LogP) is 2.72. The number of benzene rings is 1. The maximum absolute atomic E-state index is 13.7. The van der Waals surface area contributed by atoms with Crippen LogP contribution in [0, 0.1) is 5.92 Å². The second kappa shape index (κ2) is 7.91. The van der Waals surface area contributed by atoms with Gasteiger partial charge in [-0.1, -0.05) is 36.4 Å². The Kier molecular flexibility index (Phi) is 5.08. The molecule has 1 aromatic carbocycles. The molecule has 2 saturated heterocycles. The molecule has 2 aliphatic heterocycles. The second-order valence-corrected chi connectivity index (χ2v) is 9.10. The minimum atomic E-state index is -1.11. The highest BCUT2D eigenvalue weighted by atomic mass is 16.2. The van der Waals surface area contributed by atoms with Crippen molar-refractivity contribution in [1.82, 2.24) is 14.8 Å². The summed E-state index contributed by atoms with van der Waals surface area (Å²) in [4.78, 5) is 47.6. The Labute approximate surface area is 182 Å². The Hall–Kier alpha value is -3.02. The van der Waals surface area contributed by atoms with E-state index in [0.29, 0.717) is 18.4 Å². The molecule has 5 rings (SSSR count). The summed E-state index contributed by atoms with van der Waals surface area (Å²) in [6.07, 6.45) is 5.64. The lowest BCUT2D eigenvalue weighted by Gasteiger charge is -2.32. The van der Waals surface area contributed by atoms with Crippen LogP contribution in [-0.2, 0) is 26.2 Å². The summed E-state index contributed by atoms with van der Waals surface area (Å²) < 4.78 is 0. The third-order valence-corrected chi connectivity index (χ3v) is 7.24. The van der Waals surface area contributed by atoms with Crippen LogP contribution in [0.25, 0.3) is 0 Å². The quantitative estimate of drug-likeness (QED) is 0.678. The van der Waals surface area contributed by atoms with E-state index in [4.69, 9.17) is 0 Å². The number of imide groups is 1. The molecule has 0 spiro atoms. The van der Waals surface area contributed by atoms with E-state index in [-0.39, 0.29) is 37.1 Å². The molecule has 31 heavy (non-hydrogen) atoms. The van der Waals surface area contributed by atoms with Gasteiger partial charge in [-0.3, -0.25) is 24.3 Å². The van der Waals surface area contributed by atoms with Crippen LogP contribution in [-0.4, -0.2) is 51.6 Å². The normalized spacial score (nSPS) is 27.4. The van der Waals surface area contributed by atoms with Crippen LogP contribution < -0.4 is 0 Å². The molecule has 0 radical (unpaired) electrons. The van der Waals surface area contributed by atoms with Gasteiger partial charge in [0.2, 0.25) is 17.7 Å². The number of hydrogen-bond acceptors (Lipinski definition) is 4. The van der Waals surface area contributed by atoms with Crippen molar-refractivity contribution >= 4 is 17.7 Å². The fourth-order valence-corrected chi connectivity index (χ4v) is 5.61. The number of likely N-dealkylation sites (tertiary alicyclic amines) is 2. The Morgan fingerprint density at radius 3 is 2.55 bits per heavy atom. The van der Waals surface area contributed by atoms with Gasteiger partial charge in [0.25, 0.3) is 0 Å². The maximum Gasteiger partial charge on any atom is 0.240 e. The molecule has 3 atom stereocenters. The van der Waals surface area contributed by atoms with Crippen molar-refractivity contribution in [2.45, 2.75) is 50.0 Å². The topological polar surface area (TPSA) is 70.6 Å². The molecule has 6 nitrogen and oxygen atoms in total. The van der Waals surface area contributed by atoms with Gasteiger partial charge in [0.1, 0.15) is 0 Å². The number of carbonyl (C=O) groups is 3. The number of carbonyl (C=O) groups excluding carboxylic acids is 3. The number of rotatable bonds is 6. The maximum atomic E-state index is 13.7. The predicted molar refractivity (Wildman–Crippen MR) is 115 cm³/mol. The molecule has 3 aliphatic rings. The number of pyridine rings is 1. The molecule has 2 aromatic rings. The summed E-state index contributed by atoms with van der Waals surface area (Å²) in [5.74, 6) is 0.138. The van der Waals surface area contributed by atoms with E-state index in [1.54, 1.807) is 6.20 Å². The van der Waals surface area contributed by atoms with Gasteiger partial charge in [-0.2, -0.15) is 0 Å². The van der Waals surface area contributed by atoms with Crippen LogP contribution in [0.5, 0.6) is 0 Å². The standard InChI is InChI=1S/C25H27N3O3/c29-22-15-25(19-6-2-1-3-7-19,16-23(30)28-17-18-9-10-21(28)14-18)24(31)27(22)13-11-20-8-4-5-12-26-20/h1-8,12,18,21H,9-11,13-17H2/t18-,21-,25-/m1/s1. The van der Waals surface area contributed by atoms with Gasteiger partial charge < -0.3 is 4.90 Å². The number of piperidine rings is 1. The Morgan fingerprint density at radius 1 is 1.06 bits per heavy atom. The van der Waals surface area contributed by atoms with E-state index in [2.05, 4.69) is 4.98 Å². The Bertz CT molecular complexity index is 994. The molecule has 3 fully saturated rings. The fourth-order valence-electron chi connectivity index (χ4n) is 5.61. The molecular weight excluding hydrogens is 390 g/mol. The highest BCUT2D eigenvalue weighted by molar-refractivity contribution is 6.10.